The second kappa shape index (κ2) is 5.20. The van der Waals surface area contributed by atoms with E-state index in [1.165, 1.54) is 0 Å². The number of nitriles is 1. The van der Waals surface area contributed by atoms with Crippen molar-refractivity contribution in [1.82, 2.24) is 0 Å². The number of nitrogens with one attached hydrogen (secondary N) is 1. The van der Waals surface area contributed by atoms with Gasteiger partial charge in [0.15, 0.2) is 0 Å². The minimum absolute atomic E-state index is 0.301. The lowest BCUT2D eigenvalue weighted by Crippen LogP contribution is -2.20. The van der Waals surface area contributed by atoms with Crippen LogP contribution < -0.4 is 5.32 Å². The van der Waals surface area contributed by atoms with Crippen LogP contribution >= 0.6 is 0 Å². The Hall–Kier alpha value is -1.53. The second-order valence-corrected chi connectivity index (χ2v) is 4.67. The zero-order valence-corrected chi connectivity index (χ0v) is 10.4. The van der Waals surface area contributed by atoms with Crippen LogP contribution in [-0.4, -0.2) is 18.8 Å². The minimum Gasteiger partial charge on any atom is -0.382 e. The van der Waals surface area contributed by atoms with Crippen LogP contribution in [0.15, 0.2) is 18.2 Å². The summed E-state index contributed by atoms with van der Waals surface area (Å²) in [5.74, 6) is 0. The summed E-state index contributed by atoms with van der Waals surface area (Å²) in [6, 6.07) is 7.87. The second-order valence-electron chi connectivity index (χ2n) is 4.67. The number of benzene rings is 1. The predicted octanol–water partition coefficient (Wildman–Crippen LogP) is 2.85. The Morgan fingerprint density at radius 2 is 2.29 bits per heavy atom. The summed E-state index contributed by atoms with van der Waals surface area (Å²) in [4.78, 5) is 0. The molecule has 1 heterocycles. The molecule has 3 nitrogen and oxygen atoms in total. The van der Waals surface area contributed by atoms with Crippen molar-refractivity contribution < 1.29 is 4.74 Å². The van der Waals surface area contributed by atoms with Gasteiger partial charge in [-0.15, -0.1) is 0 Å². The van der Waals surface area contributed by atoms with E-state index in [1.54, 1.807) is 0 Å². The Morgan fingerprint density at radius 1 is 1.47 bits per heavy atom. The Morgan fingerprint density at radius 3 is 2.94 bits per heavy atom. The topological polar surface area (TPSA) is 45.0 Å². The van der Waals surface area contributed by atoms with Crippen LogP contribution in [0, 0.1) is 18.3 Å². The van der Waals surface area contributed by atoms with Gasteiger partial charge in [0.1, 0.15) is 0 Å². The van der Waals surface area contributed by atoms with Gasteiger partial charge in [0.2, 0.25) is 0 Å². The molecule has 2 unspecified atom stereocenters. The molecule has 0 spiro atoms. The number of aryl methyl sites for hydroxylation is 1. The average Bonchev–Trinajstić information content (AvgIpc) is 2.74. The predicted molar refractivity (Wildman–Crippen MR) is 68.0 cm³/mol. The molecule has 1 aliphatic rings. The first-order valence-corrected chi connectivity index (χ1v) is 6.09. The quantitative estimate of drug-likeness (QED) is 0.868. The lowest BCUT2D eigenvalue weighted by molar-refractivity contribution is 0.0637. The molecule has 1 fully saturated rings. The third-order valence-corrected chi connectivity index (χ3v) is 3.21. The third-order valence-electron chi connectivity index (χ3n) is 3.21. The average molecular weight is 230 g/mol. The monoisotopic (exact) mass is 230 g/mol. The molecule has 1 N–H and O–H groups in total. The van der Waals surface area contributed by atoms with Gasteiger partial charge in [-0.3, -0.25) is 0 Å². The number of hydrogen-bond acceptors (Lipinski definition) is 3. The standard InChI is InChI=1S/C14H18N2O/c1-10-3-5-12(8-15)7-14(10)16-9-13-6-4-11(2)17-13/h3,5,7,11,13,16H,4,6,9H2,1-2H3. The molecule has 1 aromatic rings. The van der Waals surface area contributed by atoms with Crippen LogP contribution in [-0.2, 0) is 4.74 Å². The minimum atomic E-state index is 0.301. The Kier molecular flexibility index (Phi) is 3.65. The highest BCUT2D eigenvalue weighted by Gasteiger charge is 2.21. The van der Waals surface area contributed by atoms with E-state index < -0.39 is 0 Å². The molecule has 2 atom stereocenters. The normalized spacial score (nSPS) is 23.4. The zero-order valence-electron chi connectivity index (χ0n) is 10.4. The van der Waals surface area contributed by atoms with Crippen molar-refractivity contribution >= 4 is 5.69 Å². The van der Waals surface area contributed by atoms with Crippen LogP contribution in [0.2, 0.25) is 0 Å². The third kappa shape index (κ3) is 2.98. The summed E-state index contributed by atoms with van der Waals surface area (Å²) in [5, 5.41) is 12.2. The van der Waals surface area contributed by atoms with Crippen LogP contribution in [0.1, 0.15) is 30.9 Å². The first kappa shape index (κ1) is 11.9. The van der Waals surface area contributed by atoms with Crippen LogP contribution in [0.5, 0.6) is 0 Å². The molecule has 2 rings (SSSR count). The van der Waals surface area contributed by atoms with Crippen LogP contribution in [0.25, 0.3) is 0 Å². The molecular weight excluding hydrogens is 212 g/mol. The molecule has 17 heavy (non-hydrogen) atoms. The van der Waals surface area contributed by atoms with E-state index in [4.69, 9.17) is 10.00 Å². The maximum atomic E-state index is 8.86. The van der Waals surface area contributed by atoms with Gasteiger partial charge in [-0.2, -0.15) is 5.26 Å². The molecular formula is C14H18N2O. The first-order chi connectivity index (χ1) is 8.19. The van der Waals surface area contributed by atoms with Gasteiger partial charge in [-0.25, -0.2) is 0 Å². The van der Waals surface area contributed by atoms with Gasteiger partial charge in [-0.05, 0) is 44.4 Å². The summed E-state index contributed by atoms with van der Waals surface area (Å²) in [6.07, 6.45) is 2.94. The van der Waals surface area contributed by atoms with Crippen LogP contribution in [0.3, 0.4) is 0 Å². The van der Waals surface area contributed by atoms with Crippen molar-refractivity contribution in [2.45, 2.75) is 38.9 Å². The maximum Gasteiger partial charge on any atom is 0.0992 e. The molecule has 90 valence electrons. The Balaban J connectivity index is 1.97. The number of anilines is 1. The van der Waals surface area contributed by atoms with Crippen LogP contribution in [0.4, 0.5) is 5.69 Å². The highest BCUT2D eigenvalue weighted by molar-refractivity contribution is 5.55. The fraction of sp³-hybridized carbons (Fsp3) is 0.500. The molecule has 0 saturated carbocycles. The van der Waals surface area contributed by atoms with Crippen molar-refractivity contribution in [2.24, 2.45) is 0 Å². The number of hydrogen-bond donors (Lipinski definition) is 1. The molecule has 3 heteroatoms. The molecule has 0 amide bonds. The molecule has 1 aromatic carbocycles. The lowest BCUT2D eigenvalue weighted by atomic mass is 10.1. The number of ether oxygens (including phenoxy) is 1. The fourth-order valence-electron chi connectivity index (χ4n) is 2.14. The lowest BCUT2D eigenvalue weighted by Gasteiger charge is -2.14. The molecule has 0 bridgehead atoms. The van der Waals surface area contributed by atoms with E-state index in [-0.39, 0.29) is 0 Å². The van der Waals surface area contributed by atoms with E-state index in [2.05, 4.69) is 18.3 Å². The molecule has 0 aliphatic carbocycles. The molecule has 1 saturated heterocycles. The van der Waals surface area contributed by atoms with E-state index in [0.717, 1.165) is 30.6 Å². The van der Waals surface area contributed by atoms with Gasteiger partial charge >= 0.3 is 0 Å². The number of rotatable bonds is 3. The summed E-state index contributed by atoms with van der Waals surface area (Å²) in [6.45, 7) is 4.98. The summed E-state index contributed by atoms with van der Waals surface area (Å²) < 4.78 is 5.75. The Labute approximate surface area is 102 Å². The van der Waals surface area contributed by atoms with Gasteiger partial charge in [-0.1, -0.05) is 6.07 Å². The smallest absolute Gasteiger partial charge is 0.0992 e. The number of nitrogens with zero attached hydrogens (tertiary/aromatic N) is 1. The van der Waals surface area contributed by atoms with Crippen molar-refractivity contribution in [2.75, 3.05) is 11.9 Å². The van der Waals surface area contributed by atoms with Gasteiger partial charge in [0.25, 0.3) is 0 Å². The summed E-state index contributed by atoms with van der Waals surface area (Å²) >= 11 is 0. The Bertz CT molecular complexity index is 436. The van der Waals surface area contributed by atoms with Crippen molar-refractivity contribution in [1.29, 1.82) is 5.26 Å². The molecule has 1 aliphatic heterocycles. The summed E-state index contributed by atoms with van der Waals surface area (Å²) in [5.41, 5.74) is 2.89. The molecule has 0 radical (unpaired) electrons. The van der Waals surface area contributed by atoms with Gasteiger partial charge in [0.05, 0.1) is 23.8 Å². The van der Waals surface area contributed by atoms with E-state index >= 15 is 0 Å². The molecule has 0 aromatic heterocycles. The van der Waals surface area contributed by atoms with Gasteiger partial charge < -0.3 is 10.1 Å². The maximum absolute atomic E-state index is 8.86. The van der Waals surface area contributed by atoms with Crippen molar-refractivity contribution in [3.63, 3.8) is 0 Å². The van der Waals surface area contributed by atoms with E-state index in [0.29, 0.717) is 17.8 Å². The van der Waals surface area contributed by atoms with Gasteiger partial charge in [0, 0.05) is 12.2 Å². The largest absolute Gasteiger partial charge is 0.382 e. The van der Waals surface area contributed by atoms with Crippen molar-refractivity contribution in [3.05, 3.63) is 29.3 Å². The highest BCUT2D eigenvalue weighted by Crippen LogP contribution is 2.21. The van der Waals surface area contributed by atoms with E-state index in [1.807, 2.05) is 25.1 Å². The SMILES string of the molecule is Cc1ccc(C#N)cc1NCC1CCC(C)O1. The first-order valence-electron chi connectivity index (χ1n) is 6.09. The highest BCUT2D eigenvalue weighted by atomic mass is 16.5. The van der Waals surface area contributed by atoms with E-state index in [9.17, 15) is 0 Å². The fourth-order valence-corrected chi connectivity index (χ4v) is 2.14. The summed E-state index contributed by atoms with van der Waals surface area (Å²) in [7, 11) is 0. The zero-order chi connectivity index (χ0) is 12.3. The van der Waals surface area contributed by atoms with Crippen molar-refractivity contribution in [3.8, 4) is 6.07 Å².